The number of sulfonamides is 1. The molecule has 0 saturated heterocycles. The standard InChI is InChI=1S/C13H17BrFNO2S/c1-13(6-2-3-7-13)9-16-19(17,18)12-5-4-10(14)8-11(12)15/h4-5,8,16H,2-3,6-7,9H2,1H3. The Bertz CT molecular complexity index is 568. The lowest BCUT2D eigenvalue weighted by Crippen LogP contribution is -2.34. The number of halogens is 2. The first-order chi connectivity index (χ1) is 8.82. The second-order valence-electron chi connectivity index (χ2n) is 5.42. The van der Waals surface area contributed by atoms with Crippen LogP contribution in [-0.2, 0) is 10.0 Å². The summed E-state index contributed by atoms with van der Waals surface area (Å²) < 4.78 is 40.9. The molecule has 1 aliphatic carbocycles. The maximum atomic E-state index is 13.7. The zero-order valence-corrected chi connectivity index (χ0v) is 13.2. The minimum atomic E-state index is -3.78. The zero-order chi connectivity index (χ0) is 14.1. The van der Waals surface area contributed by atoms with Gasteiger partial charge >= 0.3 is 0 Å². The molecule has 1 aromatic carbocycles. The van der Waals surface area contributed by atoms with Crippen molar-refractivity contribution in [1.29, 1.82) is 0 Å². The minimum Gasteiger partial charge on any atom is -0.211 e. The van der Waals surface area contributed by atoms with Crippen LogP contribution < -0.4 is 4.72 Å². The molecule has 0 aliphatic heterocycles. The average Bonchev–Trinajstić information content (AvgIpc) is 2.74. The Kier molecular flexibility index (Phi) is 4.32. The monoisotopic (exact) mass is 349 g/mol. The molecule has 0 aromatic heterocycles. The molecular formula is C13H17BrFNO2S. The molecule has 1 aromatic rings. The molecule has 1 aliphatic rings. The lowest BCUT2D eigenvalue weighted by molar-refractivity contribution is 0.336. The van der Waals surface area contributed by atoms with Crippen LogP contribution in [-0.4, -0.2) is 15.0 Å². The lowest BCUT2D eigenvalue weighted by atomic mass is 9.89. The van der Waals surface area contributed by atoms with E-state index >= 15 is 0 Å². The van der Waals surface area contributed by atoms with Gasteiger partial charge in [0.1, 0.15) is 10.7 Å². The zero-order valence-electron chi connectivity index (χ0n) is 10.7. The Hall–Kier alpha value is -0.460. The second kappa shape index (κ2) is 5.50. The highest BCUT2D eigenvalue weighted by atomic mass is 79.9. The Morgan fingerprint density at radius 1 is 1.37 bits per heavy atom. The predicted octanol–water partition coefficient (Wildman–Crippen LogP) is 3.45. The van der Waals surface area contributed by atoms with Crippen molar-refractivity contribution >= 4 is 26.0 Å². The van der Waals surface area contributed by atoms with Gasteiger partial charge in [-0.3, -0.25) is 0 Å². The first-order valence-corrected chi connectivity index (χ1v) is 8.55. The molecular weight excluding hydrogens is 333 g/mol. The van der Waals surface area contributed by atoms with Crippen molar-refractivity contribution in [2.24, 2.45) is 5.41 Å². The molecule has 0 bridgehead atoms. The molecule has 0 atom stereocenters. The van der Waals surface area contributed by atoms with Crippen LogP contribution in [0, 0.1) is 11.2 Å². The quantitative estimate of drug-likeness (QED) is 0.904. The van der Waals surface area contributed by atoms with E-state index in [0.717, 1.165) is 31.7 Å². The number of hydrogen-bond acceptors (Lipinski definition) is 2. The van der Waals surface area contributed by atoms with E-state index in [9.17, 15) is 12.8 Å². The summed E-state index contributed by atoms with van der Waals surface area (Å²) >= 11 is 3.11. The van der Waals surface area contributed by atoms with Crippen molar-refractivity contribution in [3.05, 3.63) is 28.5 Å². The third kappa shape index (κ3) is 3.55. The summed E-state index contributed by atoms with van der Waals surface area (Å²) in [6, 6.07) is 3.96. The van der Waals surface area contributed by atoms with Crippen LogP contribution in [0.5, 0.6) is 0 Å². The smallest absolute Gasteiger partial charge is 0.211 e. The van der Waals surface area contributed by atoms with Gasteiger partial charge < -0.3 is 0 Å². The maximum absolute atomic E-state index is 13.7. The molecule has 3 nitrogen and oxygen atoms in total. The Morgan fingerprint density at radius 2 is 2.00 bits per heavy atom. The lowest BCUT2D eigenvalue weighted by Gasteiger charge is -2.23. The van der Waals surface area contributed by atoms with Crippen molar-refractivity contribution in [3.63, 3.8) is 0 Å². The second-order valence-corrected chi connectivity index (χ2v) is 8.07. The minimum absolute atomic E-state index is 0.00108. The van der Waals surface area contributed by atoms with Crippen molar-refractivity contribution in [3.8, 4) is 0 Å². The molecule has 0 unspecified atom stereocenters. The van der Waals surface area contributed by atoms with Gasteiger partial charge in [-0.1, -0.05) is 35.7 Å². The van der Waals surface area contributed by atoms with Gasteiger partial charge in [-0.25, -0.2) is 17.5 Å². The van der Waals surface area contributed by atoms with Gasteiger partial charge in [0.25, 0.3) is 0 Å². The van der Waals surface area contributed by atoms with E-state index < -0.39 is 15.8 Å². The highest BCUT2D eigenvalue weighted by molar-refractivity contribution is 9.10. The van der Waals surface area contributed by atoms with Gasteiger partial charge in [-0.05, 0) is 36.5 Å². The highest BCUT2D eigenvalue weighted by Crippen LogP contribution is 2.37. The van der Waals surface area contributed by atoms with Crippen LogP contribution in [0.2, 0.25) is 0 Å². The number of rotatable bonds is 4. The average molecular weight is 350 g/mol. The molecule has 6 heteroatoms. The fraction of sp³-hybridized carbons (Fsp3) is 0.538. The van der Waals surface area contributed by atoms with Crippen LogP contribution in [0.4, 0.5) is 4.39 Å². The maximum Gasteiger partial charge on any atom is 0.243 e. The van der Waals surface area contributed by atoms with Crippen molar-refractivity contribution in [2.75, 3.05) is 6.54 Å². The summed E-state index contributed by atoms with van der Waals surface area (Å²) in [5.74, 6) is -0.738. The van der Waals surface area contributed by atoms with Crippen LogP contribution >= 0.6 is 15.9 Å². The highest BCUT2D eigenvalue weighted by Gasteiger charge is 2.30. The van der Waals surface area contributed by atoms with Gasteiger partial charge in [0.15, 0.2) is 0 Å². The Labute approximate surface area is 121 Å². The van der Waals surface area contributed by atoms with E-state index in [1.54, 1.807) is 0 Å². The van der Waals surface area contributed by atoms with Gasteiger partial charge in [0.2, 0.25) is 10.0 Å². The molecule has 1 fully saturated rings. The van der Waals surface area contributed by atoms with Crippen LogP contribution in [0.25, 0.3) is 0 Å². The molecule has 1 N–H and O–H groups in total. The van der Waals surface area contributed by atoms with Crippen LogP contribution in [0.3, 0.4) is 0 Å². The third-order valence-electron chi connectivity index (χ3n) is 3.68. The normalized spacial score (nSPS) is 18.7. The van der Waals surface area contributed by atoms with Crippen LogP contribution in [0.1, 0.15) is 32.6 Å². The number of benzene rings is 1. The molecule has 0 heterocycles. The van der Waals surface area contributed by atoms with E-state index in [0.29, 0.717) is 11.0 Å². The topological polar surface area (TPSA) is 46.2 Å². The van der Waals surface area contributed by atoms with E-state index in [-0.39, 0.29) is 10.3 Å². The van der Waals surface area contributed by atoms with Crippen molar-refractivity contribution in [2.45, 2.75) is 37.5 Å². The van der Waals surface area contributed by atoms with Gasteiger partial charge in [-0.15, -0.1) is 0 Å². The van der Waals surface area contributed by atoms with E-state index in [1.165, 1.54) is 12.1 Å². The largest absolute Gasteiger partial charge is 0.243 e. The fourth-order valence-electron chi connectivity index (χ4n) is 2.45. The summed E-state index contributed by atoms with van der Waals surface area (Å²) in [5.41, 5.74) is -0.00108. The molecule has 0 spiro atoms. The summed E-state index contributed by atoms with van der Waals surface area (Å²) in [4.78, 5) is -0.294. The molecule has 106 valence electrons. The van der Waals surface area contributed by atoms with E-state index in [2.05, 4.69) is 27.6 Å². The fourth-order valence-corrected chi connectivity index (χ4v) is 4.04. The first-order valence-electron chi connectivity index (χ1n) is 6.27. The number of nitrogens with one attached hydrogen (secondary N) is 1. The molecule has 19 heavy (non-hydrogen) atoms. The molecule has 0 radical (unpaired) electrons. The van der Waals surface area contributed by atoms with E-state index in [1.807, 2.05) is 0 Å². The molecule has 0 amide bonds. The van der Waals surface area contributed by atoms with E-state index in [4.69, 9.17) is 0 Å². The van der Waals surface area contributed by atoms with Gasteiger partial charge in [-0.2, -0.15) is 0 Å². The summed E-state index contributed by atoms with van der Waals surface area (Å²) in [6.07, 6.45) is 4.28. The third-order valence-corrected chi connectivity index (χ3v) is 5.61. The van der Waals surface area contributed by atoms with Crippen molar-refractivity contribution in [1.82, 2.24) is 4.72 Å². The van der Waals surface area contributed by atoms with Crippen molar-refractivity contribution < 1.29 is 12.8 Å². The molecule has 2 rings (SSSR count). The first kappa shape index (κ1) is 14.9. The van der Waals surface area contributed by atoms with Gasteiger partial charge in [0, 0.05) is 11.0 Å². The summed E-state index contributed by atoms with van der Waals surface area (Å²) in [6.45, 7) is 2.44. The Morgan fingerprint density at radius 3 is 2.58 bits per heavy atom. The van der Waals surface area contributed by atoms with Crippen LogP contribution in [0.15, 0.2) is 27.6 Å². The summed E-state index contributed by atoms with van der Waals surface area (Å²) in [7, 11) is -3.78. The predicted molar refractivity (Wildman–Crippen MR) is 75.9 cm³/mol. The SMILES string of the molecule is CC1(CNS(=O)(=O)c2ccc(Br)cc2F)CCCC1. The summed E-state index contributed by atoms with van der Waals surface area (Å²) in [5, 5.41) is 0. The molecule has 1 saturated carbocycles. The van der Waals surface area contributed by atoms with Gasteiger partial charge in [0.05, 0.1) is 0 Å². The Balaban J connectivity index is 2.14. The number of hydrogen-bond donors (Lipinski definition) is 1.